The van der Waals surface area contributed by atoms with Gasteiger partial charge in [-0.1, -0.05) is 12.1 Å². The second kappa shape index (κ2) is 9.24. The highest BCUT2D eigenvalue weighted by Gasteiger charge is 2.33. The van der Waals surface area contributed by atoms with Crippen molar-refractivity contribution in [3.05, 3.63) is 35.9 Å². The topological polar surface area (TPSA) is 59.1 Å². The third-order valence-corrected chi connectivity index (χ3v) is 5.40. The maximum Gasteiger partial charge on any atom is 0.246 e. The lowest BCUT2D eigenvalue weighted by atomic mass is 9.94. The molecule has 0 N–H and O–H groups in total. The summed E-state index contributed by atoms with van der Waals surface area (Å²) >= 11 is 0. The van der Waals surface area contributed by atoms with E-state index in [2.05, 4.69) is 0 Å². The average Bonchev–Trinajstić information content (AvgIpc) is 2.71. The van der Waals surface area contributed by atoms with Crippen molar-refractivity contribution in [1.82, 2.24) is 9.80 Å². The van der Waals surface area contributed by atoms with Crippen LogP contribution in [0.1, 0.15) is 32.3 Å². The fourth-order valence-electron chi connectivity index (χ4n) is 3.98. The van der Waals surface area contributed by atoms with E-state index in [0.29, 0.717) is 26.2 Å². The van der Waals surface area contributed by atoms with E-state index in [-0.39, 0.29) is 29.9 Å². The van der Waals surface area contributed by atoms with Crippen molar-refractivity contribution >= 4 is 17.9 Å². The zero-order valence-electron chi connectivity index (χ0n) is 17.0. The lowest BCUT2D eigenvalue weighted by Gasteiger charge is -2.39. The first kappa shape index (κ1) is 20.4. The van der Waals surface area contributed by atoms with Crippen molar-refractivity contribution in [3.8, 4) is 5.75 Å². The Kier molecular flexibility index (Phi) is 6.73. The number of carbonyl (C=O) groups is 2. The van der Waals surface area contributed by atoms with Gasteiger partial charge in [0.05, 0.1) is 19.3 Å². The first-order valence-electron chi connectivity index (χ1n) is 10.0. The van der Waals surface area contributed by atoms with E-state index in [4.69, 9.17) is 9.47 Å². The van der Waals surface area contributed by atoms with Gasteiger partial charge >= 0.3 is 0 Å². The highest BCUT2D eigenvalue weighted by molar-refractivity contribution is 5.92. The summed E-state index contributed by atoms with van der Waals surface area (Å²) in [4.78, 5) is 29.1. The molecule has 6 nitrogen and oxygen atoms in total. The molecular weight excluding hydrogens is 356 g/mol. The molecule has 0 aromatic heterocycles. The summed E-state index contributed by atoms with van der Waals surface area (Å²) < 4.78 is 10.9. The summed E-state index contributed by atoms with van der Waals surface area (Å²) in [5.41, 5.74) is 0.924. The van der Waals surface area contributed by atoms with E-state index in [1.807, 2.05) is 47.9 Å². The van der Waals surface area contributed by atoms with Crippen LogP contribution in [0.2, 0.25) is 0 Å². The van der Waals surface area contributed by atoms with Gasteiger partial charge in [-0.15, -0.1) is 0 Å². The number of rotatable bonds is 4. The molecule has 152 valence electrons. The van der Waals surface area contributed by atoms with Gasteiger partial charge in [0.2, 0.25) is 11.8 Å². The van der Waals surface area contributed by atoms with Gasteiger partial charge in [0.1, 0.15) is 5.75 Å². The SMILES string of the molecule is COc1cccc(/C=C/C(=O)N2CCC(C(=O)N3CC(C)OC(C)C3)CC2)c1. The zero-order chi connectivity index (χ0) is 20.1. The van der Waals surface area contributed by atoms with Crippen LogP contribution in [0, 0.1) is 5.92 Å². The van der Waals surface area contributed by atoms with Crippen molar-refractivity contribution in [1.29, 1.82) is 0 Å². The first-order chi connectivity index (χ1) is 13.5. The van der Waals surface area contributed by atoms with Crippen LogP contribution in [0.15, 0.2) is 30.3 Å². The quantitative estimate of drug-likeness (QED) is 0.747. The van der Waals surface area contributed by atoms with Crippen LogP contribution in [0.3, 0.4) is 0 Å². The minimum Gasteiger partial charge on any atom is -0.497 e. The van der Waals surface area contributed by atoms with Crippen molar-refractivity contribution in [3.63, 3.8) is 0 Å². The molecule has 0 bridgehead atoms. The van der Waals surface area contributed by atoms with Gasteiger partial charge in [0.25, 0.3) is 0 Å². The highest BCUT2D eigenvalue weighted by atomic mass is 16.5. The second-order valence-corrected chi connectivity index (χ2v) is 7.71. The number of hydrogen-bond donors (Lipinski definition) is 0. The molecule has 0 spiro atoms. The number of carbonyl (C=O) groups excluding carboxylic acids is 2. The number of hydrogen-bond acceptors (Lipinski definition) is 4. The number of benzene rings is 1. The Labute approximate surface area is 167 Å². The molecule has 2 amide bonds. The number of likely N-dealkylation sites (tertiary alicyclic amines) is 1. The Morgan fingerprint density at radius 1 is 1.11 bits per heavy atom. The van der Waals surface area contributed by atoms with E-state index in [1.54, 1.807) is 19.3 Å². The van der Waals surface area contributed by atoms with E-state index in [0.717, 1.165) is 24.2 Å². The van der Waals surface area contributed by atoms with Gasteiger partial charge in [-0.3, -0.25) is 9.59 Å². The van der Waals surface area contributed by atoms with Gasteiger partial charge < -0.3 is 19.3 Å². The molecule has 2 aliphatic rings. The molecular formula is C22H30N2O4. The number of morpholine rings is 1. The van der Waals surface area contributed by atoms with Gasteiger partial charge in [0, 0.05) is 38.2 Å². The molecule has 2 saturated heterocycles. The normalized spacial score (nSPS) is 23.8. The van der Waals surface area contributed by atoms with Crippen LogP contribution in [0.4, 0.5) is 0 Å². The predicted octanol–water partition coefficient (Wildman–Crippen LogP) is 2.58. The highest BCUT2D eigenvalue weighted by Crippen LogP contribution is 2.22. The minimum atomic E-state index is -0.0117. The number of amides is 2. The van der Waals surface area contributed by atoms with Crippen molar-refractivity contribution < 1.29 is 19.1 Å². The molecule has 2 unspecified atom stereocenters. The zero-order valence-corrected chi connectivity index (χ0v) is 17.0. The standard InChI is InChI=1S/C22H30N2O4/c1-16-14-24(15-17(2)28-16)22(26)19-9-11-23(12-10-19)21(25)8-7-18-5-4-6-20(13-18)27-3/h4-8,13,16-17,19H,9-12,14-15H2,1-3H3/b8-7+. The fraction of sp³-hybridized carbons (Fsp3) is 0.545. The lowest BCUT2D eigenvalue weighted by Crippen LogP contribution is -2.51. The maximum absolute atomic E-state index is 12.8. The van der Waals surface area contributed by atoms with E-state index in [9.17, 15) is 9.59 Å². The van der Waals surface area contributed by atoms with Gasteiger partial charge in [-0.25, -0.2) is 0 Å². The molecule has 28 heavy (non-hydrogen) atoms. The molecule has 0 aliphatic carbocycles. The number of methoxy groups -OCH3 is 1. The molecule has 0 radical (unpaired) electrons. The monoisotopic (exact) mass is 386 g/mol. The maximum atomic E-state index is 12.8. The Morgan fingerprint density at radius 3 is 2.43 bits per heavy atom. The molecule has 2 fully saturated rings. The second-order valence-electron chi connectivity index (χ2n) is 7.71. The van der Waals surface area contributed by atoms with Crippen LogP contribution in [-0.2, 0) is 14.3 Å². The third-order valence-electron chi connectivity index (χ3n) is 5.40. The molecule has 2 aliphatic heterocycles. The Morgan fingerprint density at radius 2 is 1.79 bits per heavy atom. The van der Waals surface area contributed by atoms with Crippen molar-refractivity contribution in [2.75, 3.05) is 33.3 Å². The van der Waals surface area contributed by atoms with E-state index >= 15 is 0 Å². The summed E-state index contributed by atoms with van der Waals surface area (Å²) in [6.45, 7) is 6.56. The van der Waals surface area contributed by atoms with Crippen LogP contribution in [0.5, 0.6) is 5.75 Å². The smallest absolute Gasteiger partial charge is 0.246 e. The summed E-state index contributed by atoms with van der Waals surface area (Å²) in [5, 5.41) is 0. The van der Waals surface area contributed by atoms with Gasteiger partial charge in [0.15, 0.2) is 0 Å². The van der Waals surface area contributed by atoms with Gasteiger partial charge in [-0.05, 0) is 50.5 Å². The van der Waals surface area contributed by atoms with Crippen LogP contribution in [-0.4, -0.2) is 67.1 Å². The first-order valence-corrected chi connectivity index (χ1v) is 10.0. The summed E-state index contributed by atoms with van der Waals surface area (Å²) in [6.07, 6.45) is 5.00. The third kappa shape index (κ3) is 5.13. The van der Waals surface area contributed by atoms with Crippen LogP contribution < -0.4 is 4.74 Å². The molecule has 1 aromatic carbocycles. The van der Waals surface area contributed by atoms with Gasteiger partial charge in [-0.2, -0.15) is 0 Å². The molecule has 2 heterocycles. The van der Waals surface area contributed by atoms with E-state index in [1.165, 1.54) is 0 Å². The van der Waals surface area contributed by atoms with Crippen LogP contribution in [0.25, 0.3) is 6.08 Å². The molecule has 1 aromatic rings. The van der Waals surface area contributed by atoms with Crippen molar-refractivity contribution in [2.24, 2.45) is 5.92 Å². The summed E-state index contributed by atoms with van der Waals surface area (Å²) in [5.74, 6) is 0.966. The van der Waals surface area contributed by atoms with E-state index < -0.39 is 0 Å². The molecule has 6 heteroatoms. The Bertz CT molecular complexity index is 715. The van der Waals surface area contributed by atoms with Crippen LogP contribution >= 0.6 is 0 Å². The number of nitrogens with zero attached hydrogens (tertiary/aromatic N) is 2. The number of ether oxygens (including phenoxy) is 2. The Balaban J connectivity index is 1.51. The lowest BCUT2D eigenvalue weighted by molar-refractivity contribution is -0.149. The minimum absolute atomic E-state index is 0.00362. The summed E-state index contributed by atoms with van der Waals surface area (Å²) in [6, 6.07) is 7.59. The van der Waals surface area contributed by atoms with Crippen molar-refractivity contribution in [2.45, 2.75) is 38.9 Å². The molecule has 0 saturated carbocycles. The predicted molar refractivity (Wildman–Crippen MR) is 108 cm³/mol. The number of piperidine rings is 1. The summed E-state index contributed by atoms with van der Waals surface area (Å²) in [7, 11) is 1.62. The molecule has 3 rings (SSSR count). The Hall–Kier alpha value is -2.34. The largest absolute Gasteiger partial charge is 0.497 e. The molecule has 2 atom stereocenters. The average molecular weight is 386 g/mol. The fourth-order valence-corrected chi connectivity index (χ4v) is 3.98.